The van der Waals surface area contributed by atoms with E-state index in [9.17, 15) is 4.39 Å². The minimum Gasteiger partial charge on any atom is -0.306 e. The van der Waals surface area contributed by atoms with Gasteiger partial charge < -0.3 is 5.32 Å². The zero-order valence-electron chi connectivity index (χ0n) is 10.8. The second-order valence-corrected chi connectivity index (χ2v) is 4.23. The van der Waals surface area contributed by atoms with Crippen molar-refractivity contribution in [1.29, 1.82) is 0 Å². The Morgan fingerprint density at radius 1 is 1.44 bits per heavy atom. The predicted molar refractivity (Wildman–Crippen MR) is 67.7 cm³/mol. The van der Waals surface area contributed by atoms with E-state index in [1.54, 1.807) is 16.9 Å². The molecule has 0 bridgehead atoms. The van der Waals surface area contributed by atoms with Crippen molar-refractivity contribution in [3.8, 4) is 0 Å². The Balaban J connectivity index is 2.46. The van der Waals surface area contributed by atoms with Gasteiger partial charge in [-0.05, 0) is 19.5 Å². The molecular weight excluding hydrogens is 231 g/mol. The minimum atomic E-state index is -0.299. The fraction of sp³-hybridized carbons (Fsp3) is 0.385. The van der Waals surface area contributed by atoms with Crippen molar-refractivity contribution in [3.63, 3.8) is 0 Å². The van der Waals surface area contributed by atoms with Gasteiger partial charge >= 0.3 is 0 Å². The first-order valence-electron chi connectivity index (χ1n) is 5.96. The number of pyridine rings is 1. The van der Waals surface area contributed by atoms with Crippen LogP contribution in [0.5, 0.6) is 0 Å². The van der Waals surface area contributed by atoms with Gasteiger partial charge in [0.25, 0.3) is 0 Å². The van der Waals surface area contributed by atoms with E-state index in [0.717, 1.165) is 17.8 Å². The summed E-state index contributed by atoms with van der Waals surface area (Å²) in [6, 6.07) is 1.52. The summed E-state index contributed by atoms with van der Waals surface area (Å²) in [4.78, 5) is 3.79. The molecule has 0 aliphatic rings. The Kier molecular flexibility index (Phi) is 3.72. The van der Waals surface area contributed by atoms with Gasteiger partial charge in [-0.3, -0.25) is 9.67 Å². The Morgan fingerprint density at radius 2 is 2.22 bits per heavy atom. The molecule has 96 valence electrons. The van der Waals surface area contributed by atoms with Gasteiger partial charge in [0, 0.05) is 30.6 Å². The van der Waals surface area contributed by atoms with Crippen molar-refractivity contribution in [2.45, 2.75) is 19.9 Å². The molecular formula is C13H17FN4. The highest BCUT2D eigenvalue weighted by Gasteiger charge is 2.20. The van der Waals surface area contributed by atoms with Gasteiger partial charge in [0.05, 0.1) is 17.9 Å². The van der Waals surface area contributed by atoms with E-state index in [-0.39, 0.29) is 11.9 Å². The van der Waals surface area contributed by atoms with Gasteiger partial charge in [0.1, 0.15) is 5.82 Å². The highest BCUT2D eigenvalue weighted by Crippen LogP contribution is 2.25. The van der Waals surface area contributed by atoms with Crippen LogP contribution in [0.25, 0.3) is 0 Å². The first-order chi connectivity index (χ1) is 8.63. The van der Waals surface area contributed by atoms with Crippen molar-refractivity contribution in [3.05, 3.63) is 47.3 Å². The van der Waals surface area contributed by atoms with Crippen molar-refractivity contribution in [2.24, 2.45) is 7.05 Å². The highest BCUT2D eigenvalue weighted by molar-refractivity contribution is 5.32. The lowest BCUT2D eigenvalue weighted by Gasteiger charge is -2.18. The number of hydrogen-bond donors (Lipinski definition) is 1. The molecule has 2 aromatic heterocycles. The maximum atomic E-state index is 13.9. The molecule has 0 aromatic carbocycles. The lowest BCUT2D eigenvalue weighted by atomic mass is 10.00. The van der Waals surface area contributed by atoms with Crippen molar-refractivity contribution in [2.75, 3.05) is 6.54 Å². The molecule has 1 N–H and O–H groups in total. The van der Waals surface area contributed by atoms with E-state index >= 15 is 0 Å². The molecule has 0 aliphatic carbocycles. The normalized spacial score (nSPS) is 12.7. The molecule has 0 saturated heterocycles. The van der Waals surface area contributed by atoms with E-state index in [4.69, 9.17) is 0 Å². The number of hydrogen-bond acceptors (Lipinski definition) is 3. The van der Waals surface area contributed by atoms with Gasteiger partial charge in [-0.2, -0.15) is 5.10 Å². The summed E-state index contributed by atoms with van der Waals surface area (Å²) >= 11 is 0. The highest BCUT2D eigenvalue weighted by atomic mass is 19.1. The molecule has 0 radical (unpaired) electrons. The van der Waals surface area contributed by atoms with Crippen molar-refractivity contribution >= 4 is 0 Å². The Bertz CT molecular complexity index is 536. The molecule has 0 fully saturated rings. The monoisotopic (exact) mass is 248 g/mol. The third kappa shape index (κ3) is 2.41. The summed E-state index contributed by atoms with van der Waals surface area (Å²) in [6.07, 6.45) is 4.77. The second-order valence-electron chi connectivity index (χ2n) is 4.23. The first kappa shape index (κ1) is 12.7. The number of rotatable bonds is 4. The molecule has 0 amide bonds. The molecule has 2 aromatic rings. The minimum absolute atomic E-state index is 0.188. The molecule has 0 aliphatic heterocycles. The fourth-order valence-electron chi connectivity index (χ4n) is 2.11. The van der Waals surface area contributed by atoms with Crippen LogP contribution in [0.4, 0.5) is 4.39 Å². The number of halogens is 1. The van der Waals surface area contributed by atoms with Gasteiger partial charge in [-0.1, -0.05) is 6.92 Å². The standard InChI is InChI=1S/C13H17FN4/c1-4-16-13(10-5-6-15-7-12(10)14)11-8-18(3)17-9(11)2/h5-8,13,16H,4H2,1-3H3. The largest absolute Gasteiger partial charge is 0.306 e. The summed E-state index contributed by atoms with van der Waals surface area (Å²) in [5.74, 6) is -0.299. The summed E-state index contributed by atoms with van der Waals surface area (Å²) in [5, 5.41) is 7.60. The molecule has 18 heavy (non-hydrogen) atoms. The SMILES string of the molecule is CCNC(c1ccncc1F)c1cn(C)nc1C. The van der Waals surface area contributed by atoms with Crippen LogP contribution >= 0.6 is 0 Å². The summed E-state index contributed by atoms with van der Waals surface area (Å²) in [5.41, 5.74) is 2.49. The quantitative estimate of drug-likeness (QED) is 0.899. The van der Waals surface area contributed by atoms with Crippen LogP contribution in [0, 0.1) is 12.7 Å². The van der Waals surface area contributed by atoms with E-state index in [0.29, 0.717) is 5.56 Å². The van der Waals surface area contributed by atoms with Gasteiger partial charge in [0.2, 0.25) is 0 Å². The molecule has 5 heteroatoms. The molecule has 4 nitrogen and oxygen atoms in total. The van der Waals surface area contributed by atoms with E-state index < -0.39 is 0 Å². The lowest BCUT2D eigenvalue weighted by Crippen LogP contribution is -2.23. The van der Waals surface area contributed by atoms with Crippen molar-refractivity contribution in [1.82, 2.24) is 20.1 Å². The van der Waals surface area contributed by atoms with Crippen LogP contribution in [0.3, 0.4) is 0 Å². The number of nitrogens with one attached hydrogen (secondary N) is 1. The van der Waals surface area contributed by atoms with Crippen LogP contribution in [0.1, 0.15) is 29.8 Å². The number of aromatic nitrogens is 3. The third-order valence-corrected chi connectivity index (χ3v) is 2.89. The average Bonchev–Trinajstić information content (AvgIpc) is 2.66. The second kappa shape index (κ2) is 5.27. The van der Waals surface area contributed by atoms with Gasteiger partial charge in [0.15, 0.2) is 0 Å². The smallest absolute Gasteiger partial charge is 0.146 e. The Hall–Kier alpha value is -1.75. The van der Waals surface area contributed by atoms with Crippen LogP contribution < -0.4 is 5.32 Å². The summed E-state index contributed by atoms with van der Waals surface area (Å²) in [6.45, 7) is 4.68. The molecule has 1 atom stereocenters. The lowest BCUT2D eigenvalue weighted by molar-refractivity contribution is 0.553. The number of nitrogens with zero attached hydrogens (tertiary/aromatic N) is 3. The number of aryl methyl sites for hydroxylation is 2. The molecule has 1 unspecified atom stereocenters. The van der Waals surface area contributed by atoms with Crippen LogP contribution in [0.15, 0.2) is 24.7 Å². The van der Waals surface area contributed by atoms with Gasteiger partial charge in [-0.25, -0.2) is 4.39 Å². The fourth-order valence-corrected chi connectivity index (χ4v) is 2.11. The van der Waals surface area contributed by atoms with E-state index in [1.165, 1.54) is 6.20 Å². The Morgan fingerprint density at radius 3 is 2.78 bits per heavy atom. The Labute approximate surface area is 106 Å². The molecule has 0 spiro atoms. The van der Waals surface area contributed by atoms with Crippen LogP contribution in [-0.2, 0) is 7.05 Å². The van der Waals surface area contributed by atoms with Crippen molar-refractivity contribution < 1.29 is 4.39 Å². The molecule has 2 heterocycles. The maximum absolute atomic E-state index is 13.9. The van der Waals surface area contributed by atoms with Crippen LogP contribution in [0.2, 0.25) is 0 Å². The van der Waals surface area contributed by atoms with Gasteiger partial charge in [-0.15, -0.1) is 0 Å². The first-order valence-corrected chi connectivity index (χ1v) is 5.96. The topological polar surface area (TPSA) is 42.7 Å². The average molecular weight is 248 g/mol. The zero-order valence-corrected chi connectivity index (χ0v) is 10.8. The zero-order chi connectivity index (χ0) is 13.1. The molecule has 2 rings (SSSR count). The summed E-state index contributed by atoms with van der Waals surface area (Å²) < 4.78 is 15.6. The summed E-state index contributed by atoms with van der Waals surface area (Å²) in [7, 11) is 1.86. The predicted octanol–water partition coefficient (Wildman–Crippen LogP) is 1.96. The third-order valence-electron chi connectivity index (χ3n) is 2.89. The molecule has 0 saturated carbocycles. The van der Waals surface area contributed by atoms with E-state index in [2.05, 4.69) is 15.4 Å². The maximum Gasteiger partial charge on any atom is 0.146 e. The van der Waals surface area contributed by atoms with E-state index in [1.807, 2.05) is 27.1 Å². The van der Waals surface area contributed by atoms with Crippen LogP contribution in [-0.4, -0.2) is 21.3 Å².